The lowest BCUT2D eigenvalue weighted by Crippen LogP contribution is -2.51. The molecule has 1 aliphatic carbocycles. The summed E-state index contributed by atoms with van der Waals surface area (Å²) in [5.41, 5.74) is 4.40. The van der Waals surface area contributed by atoms with Gasteiger partial charge in [-0.05, 0) is 80.7 Å². The second kappa shape index (κ2) is 12.3. The van der Waals surface area contributed by atoms with E-state index in [1.807, 2.05) is 19.9 Å². The summed E-state index contributed by atoms with van der Waals surface area (Å²) >= 11 is 0. The van der Waals surface area contributed by atoms with E-state index in [0.29, 0.717) is 19.0 Å². The highest BCUT2D eigenvalue weighted by Gasteiger charge is 2.53. The number of H-pyrrole nitrogens is 1. The molecule has 1 fully saturated rings. The van der Waals surface area contributed by atoms with Crippen LogP contribution in [0.5, 0.6) is 5.75 Å². The van der Waals surface area contributed by atoms with Crippen molar-refractivity contribution in [1.82, 2.24) is 20.2 Å². The predicted octanol–water partition coefficient (Wildman–Crippen LogP) is 6.65. The number of hydrogen-bond donors (Lipinski definition) is 2. The third kappa shape index (κ3) is 6.27. The summed E-state index contributed by atoms with van der Waals surface area (Å²) < 4.78 is 23.9. The maximum atomic E-state index is 13.7. The highest BCUT2D eigenvalue weighted by Crippen LogP contribution is 2.47. The van der Waals surface area contributed by atoms with Gasteiger partial charge in [-0.2, -0.15) is 0 Å². The highest BCUT2D eigenvalue weighted by atomic mass is 16.7. The maximum absolute atomic E-state index is 13.7. The van der Waals surface area contributed by atoms with E-state index in [-0.39, 0.29) is 48.4 Å². The molecule has 0 radical (unpaired) electrons. The lowest BCUT2D eigenvalue weighted by atomic mass is 9.66. The molecule has 10 nitrogen and oxygen atoms in total. The van der Waals surface area contributed by atoms with Crippen LogP contribution in [0.15, 0.2) is 42.0 Å². The van der Waals surface area contributed by atoms with Crippen LogP contribution in [-0.4, -0.2) is 71.5 Å². The van der Waals surface area contributed by atoms with Crippen LogP contribution in [-0.2, 0) is 25.4 Å². The second-order valence-electron chi connectivity index (χ2n) is 14.8. The third-order valence-electron chi connectivity index (χ3n) is 9.90. The van der Waals surface area contributed by atoms with Gasteiger partial charge in [0.2, 0.25) is 5.91 Å². The van der Waals surface area contributed by atoms with Crippen LogP contribution in [0.1, 0.15) is 73.2 Å². The number of aromatic amines is 1. The smallest absolute Gasteiger partial charge is 0.465 e. The van der Waals surface area contributed by atoms with Crippen molar-refractivity contribution < 1.29 is 28.4 Å². The van der Waals surface area contributed by atoms with E-state index < -0.39 is 12.1 Å². The molecule has 11 heteroatoms. The minimum atomic E-state index is -0.713. The van der Waals surface area contributed by atoms with Gasteiger partial charge in [-0.15, -0.1) is 0 Å². The Labute approximate surface area is 277 Å². The molecule has 0 saturated carbocycles. The largest absolute Gasteiger partial charge is 0.488 e. The number of rotatable bonds is 8. The minimum Gasteiger partial charge on any atom is -0.488 e. The first kappa shape index (κ1) is 33.1. The lowest BCUT2D eigenvalue weighted by molar-refractivity contribution is -0.135. The van der Waals surface area contributed by atoms with Gasteiger partial charge in [0.15, 0.2) is 0 Å². The molecule has 2 amide bonds. The van der Waals surface area contributed by atoms with Crippen LogP contribution >= 0.6 is 0 Å². The van der Waals surface area contributed by atoms with E-state index in [9.17, 15) is 9.59 Å². The molecule has 2 aliphatic heterocycles. The average molecular weight is 643 g/mol. The standard InChI is InChI=1S/C36H47BN4O6/c1-20(2)17-41(33(42)31(21(3)4)40-34(43)44-9)18-30-38-28-13-10-22-15-27-25-12-11-24(37-46-35(5,6)36(7,8)47-37)14-23(25)19-45-29(27)16-26(22)32(28)39-30/h10,12-16,20-21,24,31H,11,17-19H2,1-9H3,(H,38,39)(H,40,43)/t24?,31-/m0/s1. The van der Waals surface area contributed by atoms with E-state index in [1.54, 1.807) is 4.90 Å². The van der Waals surface area contributed by atoms with Gasteiger partial charge < -0.3 is 34.0 Å². The summed E-state index contributed by atoms with van der Waals surface area (Å²) in [5.74, 6) is 1.56. The number of imidazole rings is 1. The molecule has 3 aromatic rings. The number of nitrogens with zero attached hydrogens (tertiary/aromatic N) is 2. The van der Waals surface area contributed by atoms with Crippen LogP contribution in [0.4, 0.5) is 4.79 Å². The number of benzene rings is 2. The fourth-order valence-electron chi connectivity index (χ4n) is 6.65. The molecule has 2 atom stereocenters. The van der Waals surface area contributed by atoms with Crippen molar-refractivity contribution in [3.8, 4) is 5.75 Å². The first-order valence-corrected chi connectivity index (χ1v) is 16.7. The summed E-state index contributed by atoms with van der Waals surface area (Å²) in [7, 11) is 1.00. The number of carbonyl (C=O) groups excluding carboxylic acids is 2. The SMILES string of the molecule is COC(=O)N[C@H](C(=O)N(Cc1nc2c(ccc3cc4c(cc32)OCC2=CC(B3OC(C)(C)C(C)(C)O3)CC=C24)[nH]1)CC(C)C)C(C)C. The van der Waals surface area contributed by atoms with Crippen molar-refractivity contribution in [2.75, 3.05) is 20.3 Å². The first-order chi connectivity index (χ1) is 22.2. The van der Waals surface area contributed by atoms with Gasteiger partial charge in [0.05, 0.1) is 35.9 Å². The molecule has 0 bridgehead atoms. The van der Waals surface area contributed by atoms with Crippen molar-refractivity contribution in [2.24, 2.45) is 11.8 Å². The molecule has 1 unspecified atom stereocenters. The first-order valence-electron chi connectivity index (χ1n) is 16.7. The van der Waals surface area contributed by atoms with E-state index in [0.717, 1.165) is 45.1 Å². The predicted molar refractivity (Wildman–Crippen MR) is 184 cm³/mol. The topological polar surface area (TPSA) is 115 Å². The highest BCUT2D eigenvalue weighted by molar-refractivity contribution is 6.48. The van der Waals surface area contributed by atoms with Gasteiger partial charge in [-0.25, -0.2) is 9.78 Å². The molecular weight excluding hydrogens is 595 g/mol. The Morgan fingerprint density at radius 1 is 1.13 bits per heavy atom. The fraction of sp³-hybridized carbons (Fsp3) is 0.528. The van der Waals surface area contributed by atoms with Gasteiger partial charge in [0, 0.05) is 23.3 Å². The van der Waals surface area contributed by atoms with Crippen LogP contribution < -0.4 is 10.1 Å². The summed E-state index contributed by atoms with van der Waals surface area (Å²) in [6, 6.07) is 7.69. The molecule has 6 rings (SSSR count). The van der Waals surface area contributed by atoms with Crippen LogP contribution in [0.25, 0.3) is 27.4 Å². The van der Waals surface area contributed by atoms with Gasteiger partial charge in [0.1, 0.15) is 24.2 Å². The number of methoxy groups -OCH3 is 1. The zero-order chi connectivity index (χ0) is 33.8. The number of amides is 2. The van der Waals surface area contributed by atoms with Gasteiger partial charge in [0.25, 0.3) is 0 Å². The number of fused-ring (bicyclic) bond motifs is 6. The second-order valence-corrected chi connectivity index (χ2v) is 14.8. The Kier molecular flexibility index (Phi) is 8.68. The number of carbonyl (C=O) groups is 2. The lowest BCUT2D eigenvalue weighted by Gasteiger charge is -2.32. The average Bonchev–Trinajstić information content (AvgIpc) is 3.53. The van der Waals surface area contributed by atoms with Gasteiger partial charge in [-0.3, -0.25) is 4.79 Å². The fourth-order valence-corrected chi connectivity index (χ4v) is 6.65. The summed E-state index contributed by atoms with van der Waals surface area (Å²) in [4.78, 5) is 35.9. The molecule has 3 heterocycles. The molecule has 250 valence electrons. The van der Waals surface area contributed by atoms with E-state index >= 15 is 0 Å². The Balaban J connectivity index is 1.27. The van der Waals surface area contributed by atoms with Crippen molar-refractivity contribution >= 4 is 46.5 Å². The molecule has 47 heavy (non-hydrogen) atoms. The monoisotopic (exact) mass is 642 g/mol. The van der Waals surface area contributed by atoms with E-state index in [4.69, 9.17) is 23.8 Å². The number of nitrogens with one attached hydrogen (secondary N) is 2. The number of ether oxygens (including phenoxy) is 2. The maximum Gasteiger partial charge on any atom is 0.465 e. The number of aromatic nitrogens is 2. The molecular formula is C36H47BN4O6. The van der Waals surface area contributed by atoms with E-state index in [1.165, 1.54) is 12.7 Å². The zero-order valence-corrected chi connectivity index (χ0v) is 29.0. The molecule has 0 spiro atoms. The molecule has 1 saturated heterocycles. The molecule has 1 aromatic heterocycles. The van der Waals surface area contributed by atoms with Crippen LogP contribution in [0, 0.1) is 11.8 Å². The van der Waals surface area contributed by atoms with Crippen molar-refractivity contribution in [1.29, 1.82) is 0 Å². The zero-order valence-electron chi connectivity index (χ0n) is 29.0. The molecule has 2 aromatic carbocycles. The minimum absolute atomic E-state index is 0.119. The Hall–Kier alpha value is -3.83. The van der Waals surface area contributed by atoms with Crippen LogP contribution in [0.3, 0.4) is 0 Å². The number of allylic oxidation sites excluding steroid dienone is 2. The Morgan fingerprint density at radius 3 is 2.51 bits per heavy atom. The molecule has 2 N–H and O–H groups in total. The number of alkyl carbamates (subject to hydrolysis) is 1. The molecule has 3 aliphatic rings. The van der Waals surface area contributed by atoms with Crippen molar-refractivity contribution in [2.45, 2.75) is 91.4 Å². The van der Waals surface area contributed by atoms with Gasteiger partial charge in [-0.1, -0.05) is 45.9 Å². The van der Waals surface area contributed by atoms with Crippen molar-refractivity contribution in [3.63, 3.8) is 0 Å². The Morgan fingerprint density at radius 2 is 1.85 bits per heavy atom. The quantitative estimate of drug-likeness (QED) is 0.265. The van der Waals surface area contributed by atoms with Crippen molar-refractivity contribution in [3.05, 3.63) is 53.4 Å². The third-order valence-corrected chi connectivity index (χ3v) is 9.90. The van der Waals surface area contributed by atoms with Crippen LogP contribution in [0.2, 0.25) is 5.82 Å². The Bertz CT molecular complexity index is 1760. The number of hydrogen-bond acceptors (Lipinski definition) is 7. The summed E-state index contributed by atoms with van der Waals surface area (Å²) in [6.45, 7) is 17.6. The summed E-state index contributed by atoms with van der Waals surface area (Å²) in [6.07, 6.45) is 4.76. The van der Waals surface area contributed by atoms with E-state index in [2.05, 4.69) is 82.2 Å². The summed E-state index contributed by atoms with van der Waals surface area (Å²) in [5, 5.41) is 4.75. The normalized spacial score (nSPS) is 20.4. The van der Waals surface area contributed by atoms with Gasteiger partial charge >= 0.3 is 13.2 Å².